The van der Waals surface area contributed by atoms with E-state index in [0.717, 1.165) is 24.2 Å². The Bertz CT molecular complexity index is 314. The second kappa shape index (κ2) is 6.03. The second-order valence-corrected chi connectivity index (χ2v) is 5.04. The molecular weight excluding hydrogens is 206 g/mol. The van der Waals surface area contributed by atoms with Gasteiger partial charge in [0.25, 0.3) is 0 Å². The molecule has 2 N–H and O–H groups in total. The molecular formula is C12H19NOS. The van der Waals surface area contributed by atoms with Crippen molar-refractivity contribution in [2.45, 2.75) is 25.6 Å². The number of rotatable bonds is 5. The van der Waals surface area contributed by atoms with E-state index in [9.17, 15) is 5.11 Å². The summed E-state index contributed by atoms with van der Waals surface area (Å²) in [6.07, 6.45) is 2.11. The summed E-state index contributed by atoms with van der Waals surface area (Å²) in [5, 5.41) is 13.7. The largest absolute Gasteiger partial charge is 0.507 e. The van der Waals surface area contributed by atoms with Gasteiger partial charge in [-0.1, -0.05) is 25.1 Å². The fraction of sp³-hybridized carbons (Fsp3) is 0.500. The number of nitrogens with one attached hydrogen (secondary N) is 1. The molecule has 0 aliphatic carbocycles. The van der Waals surface area contributed by atoms with E-state index in [0.29, 0.717) is 11.0 Å². The molecule has 0 aromatic heterocycles. The van der Waals surface area contributed by atoms with Gasteiger partial charge in [0.1, 0.15) is 5.75 Å². The highest BCUT2D eigenvalue weighted by atomic mass is 32.2. The van der Waals surface area contributed by atoms with Gasteiger partial charge in [0.05, 0.1) is 0 Å². The summed E-state index contributed by atoms with van der Waals surface area (Å²) in [6, 6.07) is 5.85. The lowest BCUT2D eigenvalue weighted by Crippen LogP contribution is -2.22. The van der Waals surface area contributed by atoms with Crippen molar-refractivity contribution in [3.8, 4) is 5.75 Å². The van der Waals surface area contributed by atoms with Crippen molar-refractivity contribution in [1.29, 1.82) is 0 Å². The summed E-state index contributed by atoms with van der Waals surface area (Å²) in [4.78, 5) is 0. The SMILES string of the molecule is CSC(C)CNCc1cccc(C)c1O. The average Bonchev–Trinajstić information content (AvgIpc) is 2.24. The lowest BCUT2D eigenvalue weighted by molar-refractivity contribution is 0.460. The molecule has 0 spiro atoms. The van der Waals surface area contributed by atoms with Crippen LogP contribution in [0.3, 0.4) is 0 Å². The average molecular weight is 225 g/mol. The van der Waals surface area contributed by atoms with Crippen molar-refractivity contribution >= 4 is 11.8 Å². The zero-order valence-electron chi connectivity index (χ0n) is 9.58. The topological polar surface area (TPSA) is 32.3 Å². The molecule has 84 valence electrons. The molecule has 1 rings (SSSR count). The number of aromatic hydroxyl groups is 1. The van der Waals surface area contributed by atoms with E-state index in [-0.39, 0.29) is 0 Å². The molecule has 0 heterocycles. The summed E-state index contributed by atoms with van der Waals surface area (Å²) in [5.41, 5.74) is 1.91. The summed E-state index contributed by atoms with van der Waals surface area (Å²) < 4.78 is 0. The van der Waals surface area contributed by atoms with Crippen molar-refractivity contribution in [1.82, 2.24) is 5.32 Å². The highest BCUT2D eigenvalue weighted by Crippen LogP contribution is 2.20. The Balaban J connectivity index is 2.47. The first kappa shape index (κ1) is 12.4. The van der Waals surface area contributed by atoms with Gasteiger partial charge in [-0.05, 0) is 18.7 Å². The van der Waals surface area contributed by atoms with Crippen molar-refractivity contribution in [3.05, 3.63) is 29.3 Å². The smallest absolute Gasteiger partial charge is 0.122 e. The molecule has 3 heteroatoms. The Kier molecular flexibility index (Phi) is 4.99. The molecule has 0 bridgehead atoms. The lowest BCUT2D eigenvalue weighted by Gasteiger charge is -2.11. The van der Waals surface area contributed by atoms with Gasteiger partial charge in [-0.2, -0.15) is 11.8 Å². The third-order valence-electron chi connectivity index (χ3n) is 2.47. The third-order valence-corrected chi connectivity index (χ3v) is 3.44. The van der Waals surface area contributed by atoms with Crippen molar-refractivity contribution in [2.75, 3.05) is 12.8 Å². The van der Waals surface area contributed by atoms with Crippen LogP contribution < -0.4 is 5.32 Å². The molecule has 1 aromatic carbocycles. The fourth-order valence-corrected chi connectivity index (χ4v) is 1.64. The number of phenolic OH excluding ortho intramolecular Hbond substituents is 1. The highest BCUT2D eigenvalue weighted by molar-refractivity contribution is 7.99. The van der Waals surface area contributed by atoms with E-state index >= 15 is 0 Å². The van der Waals surface area contributed by atoms with Gasteiger partial charge in [-0.15, -0.1) is 0 Å². The Hall–Kier alpha value is -0.670. The Labute approximate surface area is 96.1 Å². The number of phenols is 1. The van der Waals surface area contributed by atoms with Gasteiger partial charge in [0.15, 0.2) is 0 Å². The molecule has 0 aliphatic rings. The molecule has 1 atom stereocenters. The van der Waals surface area contributed by atoms with E-state index in [1.54, 1.807) is 0 Å². The standard InChI is InChI=1S/C12H19NOS/c1-9-5-4-6-11(12(9)14)8-13-7-10(2)15-3/h4-6,10,13-14H,7-8H2,1-3H3. The van der Waals surface area contributed by atoms with Crippen LogP contribution in [0.2, 0.25) is 0 Å². The van der Waals surface area contributed by atoms with Crippen LogP contribution in [0, 0.1) is 6.92 Å². The van der Waals surface area contributed by atoms with Crippen LogP contribution in [0.5, 0.6) is 5.75 Å². The molecule has 0 aliphatic heterocycles. The van der Waals surface area contributed by atoms with Gasteiger partial charge in [-0.3, -0.25) is 0 Å². The number of hydrogen-bond donors (Lipinski definition) is 2. The van der Waals surface area contributed by atoms with Crippen LogP contribution in [0.4, 0.5) is 0 Å². The van der Waals surface area contributed by atoms with Gasteiger partial charge >= 0.3 is 0 Å². The molecule has 0 saturated heterocycles. The molecule has 1 unspecified atom stereocenters. The molecule has 0 amide bonds. The zero-order valence-corrected chi connectivity index (χ0v) is 10.4. The monoisotopic (exact) mass is 225 g/mol. The predicted octanol–water partition coefficient (Wildman–Crippen LogP) is 2.54. The first-order valence-corrected chi connectivity index (χ1v) is 6.45. The van der Waals surface area contributed by atoms with E-state index < -0.39 is 0 Å². The van der Waals surface area contributed by atoms with Crippen molar-refractivity contribution in [3.63, 3.8) is 0 Å². The number of para-hydroxylation sites is 1. The first-order valence-electron chi connectivity index (χ1n) is 5.16. The van der Waals surface area contributed by atoms with E-state index in [1.807, 2.05) is 36.9 Å². The Morgan fingerprint density at radius 1 is 1.47 bits per heavy atom. The van der Waals surface area contributed by atoms with Gasteiger partial charge < -0.3 is 10.4 Å². The van der Waals surface area contributed by atoms with Crippen LogP contribution >= 0.6 is 11.8 Å². The molecule has 0 fully saturated rings. The quantitative estimate of drug-likeness (QED) is 0.807. The van der Waals surface area contributed by atoms with Crippen LogP contribution in [-0.2, 0) is 6.54 Å². The molecule has 1 aromatic rings. The van der Waals surface area contributed by atoms with Crippen LogP contribution in [0.25, 0.3) is 0 Å². The summed E-state index contributed by atoms with van der Waals surface area (Å²) in [6.45, 7) is 5.81. The number of thioether (sulfide) groups is 1. The number of hydrogen-bond acceptors (Lipinski definition) is 3. The maximum Gasteiger partial charge on any atom is 0.122 e. The van der Waals surface area contributed by atoms with Gasteiger partial charge in [-0.25, -0.2) is 0 Å². The molecule has 15 heavy (non-hydrogen) atoms. The molecule has 0 radical (unpaired) electrons. The van der Waals surface area contributed by atoms with E-state index in [4.69, 9.17) is 0 Å². The third kappa shape index (κ3) is 3.76. The normalized spacial score (nSPS) is 12.7. The maximum atomic E-state index is 9.77. The number of aryl methyl sites for hydroxylation is 1. The number of benzene rings is 1. The Morgan fingerprint density at radius 3 is 2.87 bits per heavy atom. The second-order valence-electron chi connectivity index (χ2n) is 3.76. The van der Waals surface area contributed by atoms with Crippen molar-refractivity contribution in [2.24, 2.45) is 0 Å². The van der Waals surface area contributed by atoms with E-state index in [2.05, 4.69) is 18.5 Å². The van der Waals surface area contributed by atoms with Gasteiger partial charge in [0, 0.05) is 23.9 Å². The Morgan fingerprint density at radius 2 is 2.20 bits per heavy atom. The van der Waals surface area contributed by atoms with E-state index in [1.165, 1.54) is 0 Å². The summed E-state index contributed by atoms with van der Waals surface area (Å²) in [5.74, 6) is 0.418. The van der Waals surface area contributed by atoms with Crippen LogP contribution in [0.1, 0.15) is 18.1 Å². The minimum Gasteiger partial charge on any atom is -0.507 e. The summed E-state index contributed by atoms with van der Waals surface area (Å²) in [7, 11) is 0. The molecule has 0 saturated carbocycles. The van der Waals surface area contributed by atoms with Crippen LogP contribution in [0.15, 0.2) is 18.2 Å². The molecule has 2 nitrogen and oxygen atoms in total. The lowest BCUT2D eigenvalue weighted by atomic mass is 10.1. The predicted molar refractivity (Wildman–Crippen MR) is 67.5 cm³/mol. The minimum atomic E-state index is 0.418. The minimum absolute atomic E-state index is 0.418. The van der Waals surface area contributed by atoms with Crippen LogP contribution in [-0.4, -0.2) is 23.2 Å². The highest BCUT2D eigenvalue weighted by Gasteiger charge is 2.04. The maximum absolute atomic E-state index is 9.77. The summed E-state index contributed by atoms with van der Waals surface area (Å²) >= 11 is 1.84. The van der Waals surface area contributed by atoms with Crippen molar-refractivity contribution < 1.29 is 5.11 Å². The fourth-order valence-electron chi connectivity index (χ4n) is 1.36. The van der Waals surface area contributed by atoms with Gasteiger partial charge in [0.2, 0.25) is 0 Å². The first-order chi connectivity index (χ1) is 7.15. The zero-order chi connectivity index (χ0) is 11.3.